The Morgan fingerprint density at radius 3 is 3.04 bits per heavy atom. The first-order valence-electron chi connectivity index (χ1n) is 8.20. The first-order chi connectivity index (χ1) is 11.5. The van der Waals surface area contributed by atoms with Gasteiger partial charge in [-0.15, -0.1) is 0 Å². The molecule has 24 heavy (non-hydrogen) atoms. The lowest BCUT2D eigenvalue weighted by Gasteiger charge is -2.34. The summed E-state index contributed by atoms with van der Waals surface area (Å²) < 4.78 is 20.3. The van der Waals surface area contributed by atoms with Crippen LogP contribution in [0, 0.1) is 5.82 Å². The number of benzene rings is 1. The number of carbonyl (C=O) groups is 1. The van der Waals surface area contributed by atoms with Crippen LogP contribution < -0.4 is 0 Å². The summed E-state index contributed by atoms with van der Waals surface area (Å²) in [6, 6.07) is 4.73. The molecule has 5 nitrogen and oxygen atoms in total. The quantitative estimate of drug-likeness (QED) is 0.757. The number of halogens is 2. The highest BCUT2D eigenvalue weighted by atomic mass is 79.9. The Morgan fingerprint density at radius 1 is 1.54 bits per heavy atom. The van der Waals surface area contributed by atoms with Gasteiger partial charge in [0.05, 0.1) is 25.9 Å². The molecule has 1 aliphatic heterocycles. The van der Waals surface area contributed by atoms with Gasteiger partial charge in [0.1, 0.15) is 5.82 Å². The van der Waals surface area contributed by atoms with Crippen LogP contribution in [0.25, 0.3) is 0 Å². The maximum atomic E-state index is 13.9. The summed E-state index contributed by atoms with van der Waals surface area (Å²) in [5, 5.41) is 9.25. The van der Waals surface area contributed by atoms with Gasteiger partial charge in [-0.3, -0.25) is 9.69 Å². The van der Waals surface area contributed by atoms with Crippen LogP contribution in [0.5, 0.6) is 0 Å². The van der Waals surface area contributed by atoms with Crippen molar-refractivity contribution in [2.45, 2.75) is 26.0 Å². The average Bonchev–Trinajstić information content (AvgIpc) is 2.58. The van der Waals surface area contributed by atoms with Gasteiger partial charge in [-0.2, -0.15) is 0 Å². The largest absolute Gasteiger partial charge is 0.395 e. The molecular formula is C17H24BrFN2O3. The number of aliphatic hydroxyl groups is 1. The minimum absolute atomic E-state index is 0.0133. The Hall–Kier alpha value is -1.02. The summed E-state index contributed by atoms with van der Waals surface area (Å²) in [5.74, 6) is -0.327. The minimum atomic E-state index is -0.314. The summed E-state index contributed by atoms with van der Waals surface area (Å²) in [6.45, 7) is 4.42. The molecule has 0 bridgehead atoms. The van der Waals surface area contributed by atoms with Crippen molar-refractivity contribution < 1.29 is 19.0 Å². The van der Waals surface area contributed by atoms with Gasteiger partial charge in [0, 0.05) is 36.2 Å². The molecule has 0 spiro atoms. The van der Waals surface area contributed by atoms with Crippen molar-refractivity contribution in [2.75, 3.05) is 39.4 Å². The van der Waals surface area contributed by atoms with Crippen molar-refractivity contribution in [1.29, 1.82) is 0 Å². The van der Waals surface area contributed by atoms with Crippen LogP contribution >= 0.6 is 15.9 Å². The van der Waals surface area contributed by atoms with Crippen molar-refractivity contribution in [2.24, 2.45) is 0 Å². The summed E-state index contributed by atoms with van der Waals surface area (Å²) in [4.78, 5) is 16.1. The number of nitrogens with zero attached hydrogens (tertiary/aromatic N) is 2. The molecule has 1 unspecified atom stereocenters. The number of hydrogen-bond donors (Lipinski definition) is 1. The molecule has 0 aliphatic carbocycles. The third-order valence-electron chi connectivity index (χ3n) is 4.12. The van der Waals surface area contributed by atoms with Gasteiger partial charge in [0.15, 0.2) is 0 Å². The van der Waals surface area contributed by atoms with Crippen LogP contribution in [0.3, 0.4) is 0 Å². The van der Waals surface area contributed by atoms with Crippen molar-refractivity contribution in [3.8, 4) is 0 Å². The van der Waals surface area contributed by atoms with Crippen LogP contribution in [0.4, 0.5) is 4.39 Å². The summed E-state index contributed by atoms with van der Waals surface area (Å²) >= 11 is 3.33. The smallest absolute Gasteiger partial charge is 0.236 e. The van der Waals surface area contributed by atoms with E-state index in [0.29, 0.717) is 31.8 Å². The third-order valence-corrected chi connectivity index (χ3v) is 4.62. The first-order valence-corrected chi connectivity index (χ1v) is 8.99. The van der Waals surface area contributed by atoms with E-state index in [9.17, 15) is 14.3 Å². The van der Waals surface area contributed by atoms with E-state index in [4.69, 9.17) is 4.74 Å². The van der Waals surface area contributed by atoms with E-state index in [1.165, 1.54) is 6.07 Å². The zero-order valence-corrected chi connectivity index (χ0v) is 15.5. The van der Waals surface area contributed by atoms with Crippen LogP contribution in [0.15, 0.2) is 22.7 Å². The molecule has 0 aromatic heterocycles. The van der Waals surface area contributed by atoms with E-state index < -0.39 is 0 Å². The highest BCUT2D eigenvalue weighted by Crippen LogP contribution is 2.17. The molecule has 0 radical (unpaired) electrons. The standard InChI is InChI=1S/C17H24BrFN2O3/c1-2-15-11-21(6-8-24-15)17(23)12-20(5-7-22)10-13-9-14(18)3-4-16(13)19/h3-4,9,15,22H,2,5-8,10-12H2,1H3. The lowest BCUT2D eigenvalue weighted by molar-refractivity contribution is -0.140. The first kappa shape index (κ1) is 19.3. The Kier molecular flexibility index (Phi) is 7.61. The number of ether oxygens (including phenoxy) is 1. The number of morpholine rings is 1. The number of carbonyl (C=O) groups excluding carboxylic acids is 1. The van der Waals surface area contributed by atoms with Gasteiger partial charge in [-0.05, 0) is 24.6 Å². The molecule has 7 heteroatoms. The summed E-state index contributed by atoms with van der Waals surface area (Å²) in [7, 11) is 0. The molecule has 1 amide bonds. The molecule has 1 aromatic carbocycles. The SMILES string of the molecule is CCC1CN(C(=O)CN(CCO)Cc2cc(Br)ccc2F)CCO1. The average molecular weight is 403 g/mol. The van der Waals surface area contributed by atoms with Crippen molar-refractivity contribution >= 4 is 21.8 Å². The molecule has 1 aliphatic rings. The lowest BCUT2D eigenvalue weighted by atomic mass is 10.2. The lowest BCUT2D eigenvalue weighted by Crippen LogP contribution is -2.49. The topological polar surface area (TPSA) is 53.0 Å². The Morgan fingerprint density at radius 2 is 2.33 bits per heavy atom. The molecule has 1 saturated heterocycles. The van der Waals surface area contributed by atoms with E-state index in [2.05, 4.69) is 15.9 Å². The van der Waals surface area contributed by atoms with Gasteiger partial charge >= 0.3 is 0 Å². The highest BCUT2D eigenvalue weighted by molar-refractivity contribution is 9.10. The van der Waals surface area contributed by atoms with Crippen molar-refractivity contribution in [3.63, 3.8) is 0 Å². The number of aliphatic hydroxyl groups excluding tert-OH is 1. The molecule has 1 aromatic rings. The Labute approximate surface area is 150 Å². The molecule has 1 heterocycles. The molecule has 1 N–H and O–H groups in total. The zero-order valence-electron chi connectivity index (χ0n) is 13.9. The molecule has 0 saturated carbocycles. The molecule has 1 fully saturated rings. The van der Waals surface area contributed by atoms with Gasteiger partial charge in [0.2, 0.25) is 5.91 Å². The number of amides is 1. The molecule has 2 rings (SSSR count). The Balaban J connectivity index is 1.99. The van der Waals surface area contributed by atoms with Gasteiger partial charge in [0.25, 0.3) is 0 Å². The van der Waals surface area contributed by atoms with Crippen LogP contribution in [0.1, 0.15) is 18.9 Å². The summed E-state index contributed by atoms with van der Waals surface area (Å²) in [5.41, 5.74) is 0.499. The predicted molar refractivity (Wildman–Crippen MR) is 93.1 cm³/mol. The van der Waals surface area contributed by atoms with E-state index >= 15 is 0 Å². The molecular weight excluding hydrogens is 379 g/mol. The van der Waals surface area contributed by atoms with Crippen LogP contribution in [-0.2, 0) is 16.1 Å². The van der Waals surface area contributed by atoms with E-state index in [-0.39, 0.29) is 37.5 Å². The maximum absolute atomic E-state index is 13.9. The van der Waals surface area contributed by atoms with E-state index in [1.807, 2.05) is 6.92 Å². The van der Waals surface area contributed by atoms with Gasteiger partial charge in [-0.1, -0.05) is 22.9 Å². The predicted octanol–water partition coefficient (Wildman–Crippen LogP) is 2.02. The van der Waals surface area contributed by atoms with Crippen LogP contribution in [0.2, 0.25) is 0 Å². The second-order valence-corrected chi connectivity index (χ2v) is 6.83. The maximum Gasteiger partial charge on any atom is 0.236 e. The molecule has 1 atom stereocenters. The normalized spacial score (nSPS) is 18.2. The number of rotatable bonds is 7. The Bertz CT molecular complexity index is 559. The highest BCUT2D eigenvalue weighted by Gasteiger charge is 2.24. The molecule has 134 valence electrons. The second-order valence-electron chi connectivity index (χ2n) is 5.91. The number of hydrogen-bond acceptors (Lipinski definition) is 4. The van der Waals surface area contributed by atoms with Gasteiger partial charge in [-0.25, -0.2) is 4.39 Å². The zero-order chi connectivity index (χ0) is 17.5. The van der Waals surface area contributed by atoms with Crippen molar-refractivity contribution in [1.82, 2.24) is 9.80 Å². The third kappa shape index (κ3) is 5.51. The minimum Gasteiger partial charge on any atom is -0.395 e. The van der Waals surface area contributed by atoms with Crippen molar-refractivity contribution in [3.05, 3.63) is 34.1 Å². The second kappa shape index (κ2) is 9.46. The fourth-order valence-electron chi connectivity index (χ4n) is 2.74. The van der Waals surface area contributed by atoms with Gasteiger partial charge < -0.3 is 14.7 Å². The monoisotopic (exact) mass is 402 g/mol. The fraction of sp³-hybridized carbons (Fsp3) is 0.588. The van der Waals surface area contributed by atoms with E-state index in [0.717, 1.165) is 10.9 Å². The van der Waals surface area contributed by atoms with E-state index in [1.54, 1.807) is 21.9 Å². The van der Waals surface area contributed by atoms with Crippen LogP contribution in [-0.4, -0.2) is 66.3 Å². The summed E-state index contributed by atoms with van der Waals surface area (Å²) in [6.07, 6.45) is 0.949. The fourth-order valence-corrected chi connectivity index (χ4v) is 3.15.